The molecule has 1 aromatic carbocycles. The minimum atomic E-state index is -1.33. The van der Waals surface area contributed by atoms with Crippen molar-refractivity contribution in [3.63, 3.8) is 0 Å². The van der Waals surface area contributed by atoms with Crippen LogP contribution in [0.4, 0.5) is 4.39 Å². The van der Waals surface area contributed by atoms with Gasteiger partial charge < -0.3 is 4.74 Å². The molecule has 0 saturated heterocycles. The molecule has 24 heavy (non-hydrogen) atoms. The Labute approximate surface area is 143 Å². The topological polar surface area (TPSA) is 47.9 Å². The number of ether oxygens (including phenoxy) is 1. The monoisotopic (exact) mass is 343 g/mol. The highest BCUT2D eigenvalue weighted by Gasteiger charge is 2.11. The van der Waals surface area contributed by atoms with Crippen LogP contribution in [0, 0.1) is 17.3 Å². The Hall–Kier alpha value is -2.26. The molecular weight excluding hydrogens is 321 g/mol. The zero-order chi connectivity index (χ0) is 17.6. The summed E-state index contributed by atoms with van der Waals surface area (Å²) in [6.07, 6.45) is 2.89. The second-order valence-electron chi connectivity index (χ2n) is 6.62. The first-order chi connectivity index (χ1) is 11.3. The van der Waals surface area contributed by atoms with Crippen LogP contribution >= 0.6 is 0 Å². The van der Waals surface area contributed by atoms with Crippen molar-refractivity contribution in [2.75, 3.05) is 0 Å². The molecular formula is C18H22FN3OSi. The van der Waals surface area contributed by atoms with Gasteiger partial charge in [-0.3, -0.25) is 0 Å². The van der Waals surface area contributed by atoms with Crippen molar-refractivity contribution in [3.05, 3.63) is 36.3 Å². The molecule has 0 amide bonds. The van der Waals surface area contributed by atoms with Crippen LogP contribution in [-0.2, 0) is 0 Å². The number of benzene rings is 1. The van der Waals surface area contributed by atoms with Crippen LogP contribution in [0.1, 0.15) is 19.8 Å². The summed E-state index contributed by atoms with van der Waals surface area (Å²) in [5.74, 6) is 2.86. The Morgan fingerprint density at radius 3 is 2.71 bits per heavy atom. The van der Waals surface area contributed by atoms with Crippen molar-refractivity contribution in [2.24, 2.45) is 0 Å². The van der Waals surface area contributed by atoms with E-state index in [1.165, 1.54) is 12.3 Å². The van der Waals surface area contributed by atoms with Crippen LogP contribution in [0.2, 0.25) is 19.6 Å². The zero-order valence-electron chi connectivity index (χ0n) is 14.5. The molecule has 0 saturated carbocycles. The molecule has 0 N–H and O–H groups in total. The summed E-state index contributed by atoms with van der Waals surface area (Å²) in [7, 11) is -1.33. The molecule has 0 aliphatic heterocycles. The summed E-state index contributed by atoms with van der Waals surface area (Å²) < 4.78 is 19.5. The van der Waals surface area contributed by atoms with Gasteiger partial charge in [0.1, 0.15) is 20.0 Å². The maximum Gasteiger partial charge on any atom is 0.336 e. The normalized spacial score (nSPS) is 12.2. The first-order valence-corrected chi connectivity index (χ1v) is 11.5. The summed E-state index contributed by atoms with van der Waals surface area (Å²) in [6.45, 7) is 8.59. The van der Waals surface area contributed by atoms with Gasteiger partial charge in [-0.25, -0.2) is 4.39 Å². The predicted molar refractivity (Wildman–Crippen MR) is 95.7 cm³/mol. The zero-order valence-corrected chi connectivity index (χ0v) is 15.5. The predicted octanol–water partition coefficient (Wildman–Crippen LogP) is 4.11. The van der Waals surface area contributed by atoms with Gasteiger partial charge in [0.05, 0.1) is 11.9 Å². The maximum absolute atomic E-state index is 13.8. The molecule has 0 aliphatic rings. The van der Waals surface area contributed by atoms with Crippen molar-refractivity contribution in [2.45, 2.75) is 45.5 Å². The van der Waals surface area contributed by atoms with Gasteiger partial charge >= 0.3 is 6.01 Å². The average Bonchev–Trinajstić information content (AvgIpc) is 2.51. The van der Waals surface area contributed by atoms with E-state index in [1.807, 2.05) is 6.92 Å². The molecule has 1 heterocycles. The van der Waals surface area contributed by atoms with Crippen molar-refractivity contribution in [3.8, 4) is 28.7 Å². The molecule has 2 rings (SSSR count). The van der Waals surface area contributed by atoms with Crippen LogP contribution in [0.15, 0.2) is 30.5 Å². The largest absolute Gasteiger partial charge is 0.459 e. The number of rotatable bonds is 5. The highest BCUT2D eigenvalue weighted by Crippen LogP contribution is 2.21. The molecule has 4 nitrogen and oxygen atoms in total. The van der Waals surface area contributed by atoms with E-state index in [2.05, 4.69) is 46.3 Å². The Kier molecular flexibility index (Phi) is 6.04. The van der Waals surface area contributed by atoms with E-state index in [0.717, 1.165) is 12.8 Å². The fourth-order valence-electron chi connectivity index (χ4n) is 1.98. The first kappa shape index (κ1) is 18.1. The second kappa shape index (κ2) is 8.02. The molecule has 0 bridgehead atoms. The second-order valence-corrected chi connectivity index (χ2v) is 11.4. The minimum absolute atomic E-state index is 0.0846. The number of hydrogen-bond acceptors (Lipinski definition) is 4. The van der Waals surface area contributed by atoms with Gasteiger partial charge in [0.2, 0.25) is 0 Å². The van der Waals surface area contributed by atoms with Gasteiger partial charge in [0.25, 0.3) is 0 Å². The van der Waals surface area contributed by atoms with Crippen LogP contribution in [0.25, 0.3) is 11.3 Å². The number of nitrogens with zero attached hydrogens (tertiary/aromatic N) is 3. The standard InChI is InChI=1S/C18H22FN3OSi/c1-14(9-7-8-12-24(2,3)4)23-18-21-17(13-20-22-18)15-10-5-6-11-16(15)19/h5-6,10-11,13-14H,7,9H2,1-4H3. The molecule has 0 radical (unpaired) electrons. The van der Waals surface area contributed by atoms with Crippen LogP contribution in [0.5, 0.6) is 6.01 Å². The lowest BCUT2D eigenvalue weighted by molar-refractivity contribution is 0.193. The third-order valence-electron chi connectivity index (χ3n) is 3.14. The molecule has 1 aromatic heterocycles. The van der Waals surface area contributed by atoms with Gasteiger partial charge in [0, 0.05) is 12.0 Å². The summed E-state index contributed by atoms with van der Waals surface area (Å²) in [5.41, 5.74) is 4.11. The first-order valence-electron chi connectivity index (χ1n) is 7.96. The summed E-state index contributed by atoms with van der Waals surface area (Å²) in [6, 6.07) is 6.58. The lowest BCUT2D eigenvalue weighted by Gasteiger charge is -2.12. The quantitative estimate of drug-likeness (QED) is 0.605. The minimum Gasteiger partial charge on any atom is -0.459 e. The van der Waals surface area contributed by atoms with Gasteiger partial charge in [-0.05, 0) is 25.5 Å². The van der Waals surface area contributed by atoms with Gasteiger partial charge in [-0.1, -0.05) is 36.9 Å². The van der Waals surface area contributed by atoms with Gasteiger partial charge in [0.15, 0.2) is 0 Å². The summed E-state index contributed by atoms with van der Waals surface area (Å²) in [5, 5.41) is 7.72. The number of hydrogen-bond donors (Lipinski definition) is 0. The van der Waals surface area contributed by atoms with Crippen LogP contribution in [0.3, 0.4) is 0 Å². The molecule has 1 unspecified atom stereocenters. The lowest BCUT2D eigenvalue weighted by Crippen LogP contribution is -2.17. The van der Waals surface area contributed by atoms with Crippen molar-refractivity contribution < 1.29 is 9.13 Å². The van der Waals surface area contributed by atoms with Crippen molar-refractivity contribution in [1.29, 1.82) is 0 Å². The molecule has 2 aromatic rings. The summed E-state index contributed by atoms with van der Waals surface area (Å²) in [4.78, 5) is 4.25. The van der Waals surface area contributed by atoms with Crippen molar-refractivity contribution in [1.82, 2.24) is 15.2 Å². The average molecular weight is 343 g/mol. The lowest BCUT2D eigenvalue weighted by atomic mass is 10.1. The molecule has 0 aliphatic carbocycles. The molecule has 0 fully saturated rings. The van der Waals surface area contributed by atoms with Gasteiger partial charge in [-0.15, -0.1) is 11.5 Å². The van der Waals surface area contributed by atoms with E-state index >= 15 is 0 Å². The fraction of sp³-hybridized carbons (Fsp3) is 0.389. The van der Waals surface area contributed by atoms with Crippen LogP contribution < -0.4 is 4.74 Å². The van der Waals surface area contributed by atoms with E-state index in [0.29, 0.717) is 11.3 Å². The fourth-order valence-corrected chi connectivity index (χ4v) is 2.63. The highest BCUT2D eigenvalue weighted by atomic mass is 28.3. The van der Waals surface area contributed by atoms with E-state index in [1.54, 1.807) is 18.2 Å². The third-order valence-corrected chi connectivity index (χ3v) is 4.06. The number of halogens is 1. The Balaban J connectivity index is 1.99. The third kappa shape index (κ3) is 5.74. The maximum atomic E-state index is 13.8. The van der Waals surface area contributed by atoms with E-state index < -0.39 is 8.07 Å². The van der Waals surface area contributed by atoms with Crippen LogP contribution in [-0.4, -0.2) is 29.4 Å². The Morgan fingerprint density at radius 2 is 2.00 bits per heavy atom. The Morgan fingerprint density at radius 1 is 1.25 bits per heavy atom. The Bertz CT molecular complexity index is 750. The molecule has 1 atom stereocenters. The number of aromatic nitrogens is 3. The van der Waals surface area contributed by atoms with Crippen molar-refractivity contribution >= 4 is 8.07 Å². The van der Waals surface area contributed by atoms with E-state index in [9.17, 15) is 4.39 Å². The van der Waals surface area contributed by atoms with E-state index in [-0.39, 0.29) is 17.9 Å². The molecule has 6 heteroatoms. The smallest absolute Gasteiger partial charge is 0.336 e. The molecule has 126 valence electrons. The molecule has 0 spiro atoms. The summed E-state index contributed by atoms with van der Waals surface area (Å²) >= 11 is 0. The van der Waals surface area contributed by atoms with E-state index in [4.69, 9.17) is 4.74 Å². The SMILES string of the molecule is CC(CCC#C[Si](C)(C)C)Oc1nncc(-c2ccccc2F)n1. The highest BCUT2D eigenvalue weighted by molar-refractivity contribution is 6.83. The van der Waals surface area contributed by atoms with Gasteiger partial charge in [-0.2, -0.15) is 10.1 Å².